The molecule has 9 heteroatoms. The quantitative estimate of drug-likeness (QED) is 0.365. The Morgan fingerprint density at radius 1 is 0.909 bits per heavy atom. The smallest absolute Gasteiger partial charge is 0.337 e. The lowest BCUT2D eigenvalue weighted by molar-refractivity contribution is 0.0600. The predicted octanol–water partition coefficient (Wildman–Crippen LogP) is 4.14. The van der Waals surface area contributed by atoms with E-state index < -0.39 is 17.8 Å². The largest absolute Gasteiger partial charge is 0.465 e. The highest BCUT2D eigenvalue weighted by atomic mass is 32.1. The average molecular weight is 457 g/mol. The molecule has 0 atom stereocenters. The van der Waals surface area contributed by atoms with Gasteiger partial charge in [0.15, 0.2) is 0 Å². The summed E-state index contributed by atoms with van der Waals surface area (Å²) in [4.78, 5) is 55.2. The summed E-state index contributed by atoms with van der Waals surface area (Å²) in [5, 5.41) is 3.03. The van der Waals surface area contributed by atoms with Gasteiger partial charge >= 0.3 is 5.97 Å². The number of amides is 3. The maximum absolute atomic E-state index is 12.7. The molecule has 0 spiro atoms. The molecule has 0 bridgehead atoms. The van der Waals surface area contributed by atoms with Crippen molar-refractivity contribution in [3.8, 4) is 0 Å². The van der Waals surface area contributed by atoms with Crippen molar-refractivity contribution in [3.63, 3.8) is 0 Å². The number of nitrogens with one attached hydrogen (secondary N) is 1. The molecule has 3 aromatic carbocycles. The van der Waals surface area contributed by atoms with Gasteiger partial charge in [0.1, 0.15) is 0 Å². The maximum atomic E-state index is 12.7. The van der Waals surface area contributed by atoms with Gasteiger partial charge in [-0.3, -0.25) is 14.4 Å². The summed E-state index contributed by atoms with van der Waals surface area (Å²) in [6.45, 7) is 0. The Morgan fingerprint density at radius 2 is 1.55 bits per heavy atom. The lowest BCUT2D eigenvalue weighted by Crippen LogP contribution is -2.29. The van der Waals surface area contributed by atoms with Gasteiger partial charge < -0.3 is 10.1 Å². The second-order valence-corrected chi connectivity index (χ2v) is 8.20. The van der Waals surface area contributed by atoms with Crippen molar-refractivity contribution in [1.29, 1.82) is 0 Å². The van der Waals surface area contributed by atoms with Gasteiger partial charge in [0.05, 0.1) is 34.0 Å². The second kappa shape index (κ2) is 7.95. The lowest BCUT2D eigenvalue weighted by Gasteiger charge is -2.08. The first-order valence-corrected chi connectivity index (χ1v) is 10.7. The molecule has 1 aromatic heterocycles. The SMILES string of the molecule is COC(=O)c1ccc(NC(=O)c2ccc3nc(N4C(=O)c5ccccc5C4=O)sc3c2)cc1. The highest BCUT2D eigenvalue weighted by Crippen LogP contribution is 2.34. The van der Waals surface area contributed by atoms with Crippen LogP contribution in [0.4, 0.5) is 10.8 Å². The highest BCUT2D eigenvalue weighted by molar-refractivity contribution is 7.22. The van der Waals surface area contributed by atoms with E-state index in [0.29, 0.717) is 38.2 Å². The molecule has 0 saturated heterocycles. The standard InChI is InChI=1S/C24H15N3O5S/c1-32-23(31)13-6-9-15(10-7-13)25-20(28)14-8-11-18-19(12-14)33-24(26-18)27-21(29)16-4-2-3-5-17(16)22(27)30/h2-12H,1H3,(H,25,28). The van der Waals surface area contributed by atoms with Crippen molar-refractivity contribution in [3.05, 3.63) is 89.0 Å². The summed E-state index contributed by atoms with van der Waals surface area (Å²) in [7, 11) is 1.30. The zero-order chi connectivity index (χ0) is 23.1. The van der Waals surface area contributed by atoms with Crippen molar-refractivity contribution in [1.82, 2.24) is 4.98 Å². The summed E-state index contributed by atoms with van der Waals surface area (Å²) < 4.78 is 5.32. The van der Waals surface area contributed by atoms with E-state index >= 15 is 0 Å². The number of hydrogen-bond acceptors (Lipinski definition) is 7. The van der Waals surface area contributed by atoms with Crippen LogP contribution in [-0.4, -0.2) is 35.8 Å². The van der Waals surface area contributed by atoms with Crippen LogP contribution in [0, 0.1) is 0 Å². The van der Waals surface area contributed by atoms with E-state index in [-0.39, 0.29) is 11.0 Å². The normalized spacial score (nSPS) is 12.7. The average Bonchev–Trinajstić information content (AvgIpc) is 3.36. The first-order valence-electron chi connectivity index (χ1n) is 9.84. The molecule has 1 aliphatic rings. The number of nitrogens with zero attached hydrogens (tertiary/aromatic N) is 2. The first kappa shape index (κ1) is 20.5. The van der Waals surface area contributed by atoms with Crippen LogP contribution in [0.2, 0.25) is 0 Å². The third kappa shape index (κ3) is 3.54. The number of methoxy groups -OCH3 is 1. The number of fused-ring (bicyclic) bond motifs is 2. The molecular weight excluding hydrogens is 442 g/mol. The minimum atomic E-state index is -0.461. The summed E-state index contributed by atoms with van der Waals surface area (Å²) in [5.41, 5.74) is 2.55. The van der Waals surface area contributed by atoms with Gasteiger partial charge in [-0.1, -0.05) is 23.5 Å². The summed E-state index contributed by atoms with van der Waals surface area (Å²) in [6.07, 6.45) is 0. The Bertz CT molecular complexity index is 1420. The summed E-state index contributed by atoms with van der Waals surface area (Å²) >= 11 is 1.16. The minimum absolute atomic E-state index is 0.257. The molecule has 3 amide bonds. The van der Waals surface area contributed by atoms with Crippen LogP contribution in [0.25, 0.3) is 10.2 Å². The van der Waals surface area contributed by atoms with Crippen molar-refractivity contribution in [2.45, 2.75) is 0 Å². The number of ether oxygens (including phenoxy) is 1. The van der Waals surface area contributed by atoms with Gasteiger partial charge in [0, 0.05) is 11.3 Å². The molecular formula is C24H15N3O5S. The van der Waals surface area contributed by atoms with Gasteiger partial charge in [0.25, 0.3) is 17.7 Å². The molecule has 2 heterocycles. The van der Waals surface area contributed by atoms with E-state index in [1.807, 2.05) is 0 Å². The van der Waals surface area contributed by atoms with Gasteiger partial charge in [-0.2, -0.15) is 0 Å². The Morgan fingerprint density at radius 3 is 2.18 bits per heavy atom. The van der Waals surface area contributed by atoms with Crippen LogP contribution in [0.15, 0.2) is 66.7 Å². The van der Waals surface area contributed by atoms with Crippen molar-refractivity contribution in [2.75, 3.05) is 17.3 Å². The fraction of sp³-hybridized carbons (Fsp3) is 0.0417. The highest BCUT2D eigenvalue weighted by Gasteiger charge is 2.38. The molecule has 8 nitrogen and oxygen atoms in total. The number of benzene rings is 3. The molecule has 0 saturated carbocycles. The molecule has 0 fully saturated rings. The van der Waals surface area contributed by atoms with E-state index in [9.17, 15) is 19.2 Å². The third-order valence-electron chi connectivity index (χ3n) is 5.19. The Hall–Kier alpha value is -4.37. The molecule has 1 N–H and O–H groups in total. The van der Waals surface area contributed by atoms with E-state index in [1.54, 1.807) is 66.7 Å². The zero-order valence-electron chi connectivity index (χ0n) is 17.2. The molecule has 33 heavy (non-hydrogen) atoms. The number of aromatic nitrogens is 1. The van der Waals surface area contributed by atoms with Gasteiger partial charge in [-0.05, 0) is 54.6 Å². The van der Waals surface area contributed by atoms with Crippen molar-refractivity contribution < 1.29 is 23.9 Å². The maximum Gasteiger partial charge on any atom is 0.337 e. The number of imide groups is 1. The topological polar surface area (TPSA) is 106 Å². The van der Waals surface area contributed by atoms with E-state index in [4.69, 9.17) is 0 Å². The van der Waals surface area contributed by atoms with E-state index in [1.165, 1.54) is 7.11 Å². The molecule has 0 radical (unpaired) electrons. The number of hydrogen-bond donors (Lipinski definition) is 1. The molecule has 0 aliphatic carbocycles. The molecule has 4 aromatic rings. The predicted molar refractivity (Wildman–Crippen MR) is 123 cm³/mol. The Kier molecular flexibility index (Phi) is 4.95. The van der Waals surface area contributed by atoms with Crippen LogP contribution in [-0.2, 0) is 4.74 Å². The van der Waals surface area contributed by atoms with Gasteiger partial charge in [-0.15, -0.1) is 0 Å². The summed E-state index contributed by atoms with van der Waals surface area (Å²) in [5.74, 6) is -1.64. The van der Waals surface area contributed by atoms with Crippen LogP contribution in [0.3, 0.4) is 0 Å². The monoisotopic (exact) mass is 457 g/mol. The number of esters is 1. The van der Waals surface area contributed by atoms with Crippen LogP contribution in [0.1, 0.15) is 41.4 Å². The lowest BCUT2D eigenvalue weighted by atomic mass is 10.1. The van der Waals surface area contributed by atoms with Gasteiger partial charge in [0.2, 0.25) is 5.13 Å². The third-order valence-corrected chi connectivity index (χ3v) is 6.19. The van der Waals surface area contributed by atoms with Crippen LogP contribution in [0.5, 0.6) is 0 Å². The first-order chi connectivity index (χ1) is 16.0. The number of thiazole rings is 1. The van der Waals surface area contributed by atoms with Crippen molar-refractivity contribution in [2.24, 2.45) is 0 Å². The number of carbonyl (C=O) groups excluding carboxylic acids is 4. The Labute approximate surface area is 191 Å². The van der Waals surface area contributed by atoms with Crippen LogP contribution < -0.4 is 10.2 Å². The Balaban J connectivity index is 1.39. The minimum Gasteiger partial charge on any atom is -0.465 e. The molecule has 0 unspecified atom stereocenters. The van der Waals surface area contributed by atoms with Crippen LogP contribution >= 0.6 is 11.3 Å². The number of rotatable bonds is 4. The van der Waals surface area contributed by atoms with E-state index in [2.05, 4.69) is 15.0 Å². The molecule has 5 rings (SSSR count). The molecule has 162 valence electrons. The number of anilines is 2. The molecule has 1 aliphatic heterocycles. The van der Waals surface area contributed by atoms with Crippen molar-refractivity contribution >= 4 is 56.1 Å². The fourth-order valence-corrected chi connectivity index (χ4v) is 4.53. The number of carbonyl (C=O) groups is 4. The van der Waals surface area contributed by atoms with E-state index in [0.717, 1.165) is 16.2 Å². The zero-order valence-corrected chi connectivity index (χ0v) is 18.0. The summed E-state index contributed by atoms with van der Waals surface area (Å²) in [6, 6.07) is 17.9. The fourth-order valence-electron chi connectivity index (χ4n) is 3.52. The second-order valence-electron chi connectivity index (χ2n) is 7.19. The van der Waals surface area contributed by atoms with Gasteiger partial charge in [-0.25, -0.2) is 14.7 Å².